The molecule has 0 amide bonds. The maximum Gasteiger partial charge on any atom is 0.182 e. The average Bonchev–Trinajstić information content (AvgIpc) is 2.81. The van der Waals surface area contributed by atoms with E-state index in [4.69, 9.17) is 9.78 Å². The molecule has 2 bridgehead atoms. The summed E-state index contributed by atoms with van der Waals surface area (Å²) in [7, 11) is 0. The number of rotatable bonds is 0. The summed E-state index contributed by atoms with van der Waals surface area (Å²) in [6.45, 7) is 0. The van der Waals surface area contributed by atoms with E-state index >= 15 is 0 Å². The molecule has 2 spiro atoms. The van der Waals surface area contributed by atoms with Gasteiger partial charge in [0.25, 0.3) is 0 Å². The summed E-state index contributed by atoms with van der Waals surface area (Å²) >= 11 is 3.66. The van der Waals surface area contributed by atoms with E-state index in [1.807, 2.05) is 23.5 Å². The van der Waals surface area contributed by atoms with Gasteiger partial charge in [0.2, 0.25) is 0 Å². The second-order valence-corrected chi connectivity index (χ2v) is 10.3. The van der Waals surface area contributed by atoms with Crippen LogP contribution in [0.1, 0.15) is 33.4 Å². The average molecular weight is 423 g/mol. The Morgan fingerprint density at radius 3 is 1.33 bits per heavy atom. The maximum atomic E-state index is 6.54. The monoisotopic (exact) mass is 422 g/mol. The first kappa shape index (κ1) is 16.2. The summed E-state index contributed by atoms with van der Waals surface area (Å²) in [5.74, 6) is 0. The van der Waals surface area contributed by atoms with E-state index in [1.54, 1.807) is 0 Å². The molecule has 2 atom stereocenters. The van der Waals surface area contributed by atoms with Gasteiger partial charge in [-0.2, -0.15) is 0 Å². The summed E-state index contributed by atoms with van der Waals surface area (Å²) in [4.78, 5) is 18.0. The lowest BCUT2D eigenvalue weighted by Crippen LogP contribution is -2.55. The number of hydrogen-bond donors (Lipinski definition) is 0. The summed E-state index contributed by atoms with van der Waals surface area (Å²) in [6, 6.07) is 30.4. The molecule has 30 heavy (non-hydrogen) atoms. The van der Waals surface area contributed by atoms with Gasteiger partial charge >= 0.3 is 0 Å². The molecule has 0 N–H and O–H groups in total. The second kappa shape index (κ2) is 5.21. The van der Waals surface area contributed by atoms with Crippen molar-refractivity contribution in [2.45, 2.75) is 30.8 Å². The third-order valence-electron chi connectivity index (χ3n) is 6.78. The van der Waals surface area contributed by atoms with Crippen molar-refractivity contribution in [3.8, 4) is 0 Å². The van der Waals surface area contributed by atoms with Crippen LogP contribution in [0.2, 0.25) is 0 Å². The van der Waals surface area contributed by atoms with E-state index in [1.165, 1.54) is 53.0 Å². The van der Waals surface area contributed by atoms with Crippen LogP contribution in [0, 0.1) is 0 Å². The molecule has 1 aliphatic carbocycles. The Balaban J connectivity index is 1.62. The minimum atomic E-state index is -0.728. The van der Waals surface area contributed by atoms with E-state index < -0.39 is 11.2 Å². The van der Waals surface area contributed by atoms with Crippen LogP contribution in [0.15, 0.2) is 105 Å². The number of fused-ring (bicyclic) bond motifs is 3. The summed E-state index contributed by atoms with van der Waals surface area (Å²) in [5, 5.41) is 0. The third-order valence-corrected chi connectivity index (χ3v) is 9.05. The lowest BCUT2D eigenvalue weighted by atomic mass is 9.62. The standard InChI is InChI=1S/C26H14O2S2/c1-3-11-19-15(7-1)25-17-9-5-14-22-24(17)26(28-27-25,16-8-2-4-12-20(16)30-22)18-10-6-13-21(29-19)23(18)25/h1-14H. The van der Waals surface area contributed by atoms with Crippen molar-refractivity contribution in [2.75, 3.05) is 0 Å². The zero-order chi connectivity index (χ0) is 19.5. The van der Waals surface area contributed by atoms with Crippen molar-refractivity contribution < 1.29 is 9.78 Å². The number of hydrogen-bond acceptors (Lipinski definition) is 4. The van der Waals surface area contributed by atoms with Crippen molar-refractivity contribution >= 4 is 23.5 Å². The molecule has 4 aromatic carbocycles. The summed E-state index contributed by atoms with van der Waals surface area (Å²) in [6.07, 6.45) is 0. The smallest absolute Gasteiger partial charge is 0.182 e. The van der Waals surface area contributed by atoms with Crippen LogP contribution < -0.4 is 0 Å². The van der Waals surface area contributed by atoms with Crippen molar-refractivity contribution in [1.82, 2.24) is 0 Å². The van der Waals surface area contributed by atoms with Gasteiger partial charge in [-0.15, -0.1) is 0 Å². The van der Waals surface area contributed by atoms with Crippen LogP contribution in [0.4, 0.5) is 0 Å². The highest BCUT2D eigenvalue weighted by Crippen LogP contribution is 2.69. The van der Waals surface area contributed by atoms with Gasteiger partial charge in [0.15, 0.2) is 11.2 Å². The van der Waals surface area contributed by atoms with Crippen LogP contribution in [0.3, 0.4) is 0 Å². The minimum Gasteiger partial charge on any atom is -0.214 e. The van der Waals surface area contributed by atoms with Crippen molar-refractivity contribution in [3.05, 3.63) is 118 Å². The number of benzene rings is 4. The van der Waals surface area contributed by atoms with Gasteiger partial charge in [-0.25, -0.2) is 9.78 Å². The van der Waals surface area contributed by atoms with Crippen LogP contribution >= 0.6 is 23.5 Å². The van der Waals surface area contributed by atoms with Crippen molar-refractivity contribution in [3.63, 3.8) is 0 Å². The maximum absolute atomic E-state index is 6.54. The van der Waals surface area contributed by atoms with Crippen molar-refractivity contribution in [2.24, 2.45) is 0 Å². The molecule has 4 aliphatic heterocycles. The Hall–Kier alpha value is -2.50. The van der Waals surface area contributed by atoms with Crippen molar-refractivity contribution in [1.29, 1.82) is 0 Å². The quantitative estimate of drug-likeness (QED) is 0.302. The molecule has 0 saturated carbocycles. The molecule has 0 saturated heterocycles. The normalized spacial score (nSPS) is 25.7. The minimum absolute atomic E-state index is 0.728. The Morgan fingerprint density at radius 2 is 0.833 bits per heavy atom. The SMILES string of the molecule is c1ccc2c(c1)Sc1cccc3c1C21OOC32c3ccccc3Sc3cccc1c32. The fourth-order valence-electron chi connectivity index (χ4n) is 5.69. The third kappa shape index (κ3) is 1.58. The van der Waals surface area contributed by atoms with E-state index in [9.17, 15) is 0 Å². The zero-order valence-electron chi connectivity index (χ0n) is 15.7. The highest BCUT2D eigenvalue weighted by atomic mass is 32.2. The molecule has 5 aliphatic rings. The van der Waals surface area contributed by atoms with Gasteiger partial charge in [-0.1, -0.05) is 84.2 Å². The molecule has 2 nitrogen and oxygen atoms in total. The molecular formula is C26H14O2S2. The predicted molar refractivity (Wildman–Crippen MR) is 116 cm³/mol. The molecule has 9 rings (SSSR count). The summed E-state index contributed by atoms with van der Waals surface area (Å²) in [5.41, 5.74) is 5.78. The summed E-state index contributed by atoms with van der Waals surface area (Å²) < 4.78 is 0. The zero-order valence-corrected chi connectivity index (χ0v) is 17.3. The van der Waals surface area contributed by atoms with E-state index in [-0.39, 0.29) is 0 Å². The Morgan fingerprint density at radius 1 is 0.433 bits per heavy atom. The van der Waals surface area contributed by atoms with E-state index in [2.05, 4.69) is 84.9 Å². The topological polar surface area (TPSA) is 18.5 Å². The molecule has 0 aromatic heterocycles. The molecule has 4 heterocycles. The van der Waals surface area contributed by atoms with Crippen LogP contribution in [-0.2, 0) is 21.0 Å². The van der Waals surface area contributed by atoms with Gasteiger partial charge in [-0.3, -0.25) is 0 Å². The fourth-order valence-corrected chi connectivity index (χ4v) is 8.11. The first-order valence-electron chi connectivity index (χ1n) is 10.0. The largest absolute Gasteiger partial charge is 0.214 e. The highest BCUT2D eigenvalue weighted by Gasteiger charge is 2.65. The molecule has 0 fully saturated rings. The fraction of sp³-hybridized carbons (Fsp3) is 0.0769. The first-order chi connectivity index (χ1) is 14.8. The Bertz CT molecular complexity index is 1320. The lowest BCUT2D eigenvalue weighted by molar-refractivity contribution is -0.412. The van der Waals surface area contributed by atoms with Gasteiger partial charge in [0.05, 0.1) is 0 Å². The first-order valence-corrected chi connectivity index (χ1v) is 11.7. The van der Waals surface area contributed by atoms with Gasteiger partial charge in [0.1, 0.15) is 0 Å². The van der Waals surface area contributed by atoms with E-state index in [0.29, 0.717) is 0 Å². The molecule has 4 aromatic rings. The second-order valence-electron chi connectivity index (χ2n) is 8.08. The van der Waals surface area contributed by atoms with Crippen LogP contribution in [-0.4, -0.2) is 0 Å². The Labute approximate surface area is 182 Å². The molecule has 142 valence electrons. The van der Waals surface area contributed by atoms with Crippen LogP contribution in [0.25, 0.3) is 0 Å². The predicted octanol–water partition coefficient (Wildman–Crippen LogP) is 6.47. The molecule has 4 heteroatoms. The molecular weight excluding hydrogens is 408 g/mol. The highest BCUT2D eigenvalue weighted by molar-refractivity contribution is 7.99. The van der Waals surface area contributed by atoms with Gasteiger partial charge in [-0.05, 0) is 24.3 Å². The molecule has 0 radical (unpaired) electrons. The van der Waals surface area contributed by atoms with Gasteiger partial charge < -0.3 is 0 Å². The molecule has 2 unspecified atom stereocenters. The lowest BCUT2D eigenvalue weighted by Gasteiger charge is -2.57. The van der Waals surface area contributed by atoms with Crippen LogP contribution in [0.5, 0.6) is 0 Å². The Kier molecular flexibility index (Phi) is 2.82. The van der Waals surface area contributed by atoms with E-state index in [0.717, 1.165) is 0 Å². The van der Waals surface area contributed by atoms with Gasteiger partial charge in [0, 0.05) is 53.0 Å².